The van der Waals surface area contributed by atoms with Gasteiger partial charge in [0.1, 0.15) is 18.2 Å². The van der Waals surface area contributed by atoms with E-state index in [1.807, 2.05) is 36.4 Å². The number of fused-ring (bicyclic) bond motifs is 3. The molecule has 2 N–H and O–H groups in total. The van der Waals surface area contributed by atoms with Crippen LogP contribution in [-0.2, 0) is 14.3 Å². The lowest BCUT2D eigenvalue weighted by molar-refractivity contribution is -0.157. The molecule has 0 heterocycles. The van der Waals surface area contributed by atoms with Gasteiger partial charge in [0, 0.05) is 19.0 Å². The first kappa shape index (κ1) is 25.2. The summed E-state index contributed by atoms with van der Waals surface area (Å²) in [5.41, 5.74) is 3.03. The van der Waals surface area contributed by atoms with E-state index in [0.717, 1.165) is 22.3 Å². The van der Waals surface area contributed by atoms with Crippen molar-refractivity contribution in [3.63, 3.8) is 0 Å². The molecule has 2 aromatic rings. The first-order chi connectivity index (χ1) is 16.1. The molecule has 1 aliphatic carbocycles. The number of rotatable bonds is 9. The van der Waals surface area contributed by atoms with Gasteiger partial charge in [0.15, 0.2) is 0 Å². The monoisotopic (exact) mass is 467 g/mol. The molecule has 0 aliphatic heterocycles. The van der Waals surface area contributed by atoms with Crippen LogP contribution in [0.25, 0.3) is 11.1 Å². The van der Waals surface area contributed by atoms with Gasteiger partial charge in [-0.15, -0.1) is 0 Å². The fourth-order valence-electron chi connectivity index (χ4n) is 4.46. The van der Waals surface area contributed by atoms with Crippen molar-refractivity contribution in [2.45, 2.75) is 38.3 Å². The Morgan fingerprint density at radius 1 is 1.03 bits per heavy atom. The lowest BCUT2D eigenvalue weighted by atomic mass is 9.98. The lowest BCUT2D eigenvalue weighted by Gasteiger charge is -2.37. The summed E-state index contributed by atoms with van der Waals surface area (Å²) in [4.78, 5) is 40.8. The minimum atomic E-state index is -1.42. The topological polar surface area (TPSA) is 99.2 Å². The maximum atomic E-state index is 13.2. The van der Waals surface area contributed by atoms with Crippen LogP contribution >= 0.6 is 0 Å². The molecule has 0 aromatic heterocycles. The number of hydrogen-bond acceptors (Lipinski definition) is 5. The maximum absolute atomic E-state index is 13.2. The molecule has 0 bridgehead atoms. The molecule has 0 unspecified atom stereocenters. The molecule has 0 fully saturated rings. The van der Waals surface area contributed by atoms with E-state index in [-0.39, 0.29) is 25.6 Å². The molecule has 8 nitrogen and oxygen atoms in total. The number of amides is 2. The highest BCUT2D eigenvalue weighted by atomic mass is 16.5. The standard InChI is InChI=1S/C26H33N3O5/c1-6-29(26(2,3)24(31)32)23(30)22(15-28(4)5)27-25(33)34-16-21-19-13-9-7-11-17(19)18-12-8-10-14-20(18)21/h7-14,21-22H,6,15-16H2,1-5H3,(H,27,33)(H,31,32)/t22-/m0/s1. The minimum Gasteiger partial charge on any atom is -0.480 e. The van der Waals surface area contributed by atoms with E-state index in [1.165, 1.54) is 18.7 Å². The molecule has 1 aliphatic rings. The second kappa shape index (κ2) is 10.3. The van der Waals surface area contributed by atoms with E-state index < -0.39 is 29.6 Å². The second-order valence-electron chi connectivity index (χ2n) is 9.23. The maximum Gasteiger partial charge on any atom is 0.407 e. The zero-order valence-corrected chi connectivity index (χ0v) is 20.4. The van der Waals surface area contributed by atoms with Crippen LogP contribution in [0.1, 0.15) is 37.8 Å². The molecule has 34 heavy (non-hydrogen) atoms. The SMILES string of the molecule is CCN(C(=O)[C@H](CN(C)C)NC(=O)OCC1c2ccccc2-c2ccccc21)C(C)(C)C(=O)O. The predicted molar refractivity (Wildman–Crippen MR) is 130 cm³/mol. The zero-order valence-electron chi connectivity index (χ0n) is 20.4. The number of nitrogens with one attached hydrogen (secondary N) is 1. The summed E-state index contributed by atoms with van der Waals surface area (Å²) in [5, 5.41) is 12.2. The third kappa shape index (κ3) is 5.07. The summed E-state index contributed by atoms with van der Waals surface area (Å²) in [6.45, 7) is 5.17. The van der Waals surface area contributed by atoms with Gasteiger partial charge in [-0.2, -0.15) is 0 Å². The molecule has 0 saturated carbocycles. The van der Waals surface area contributed by atoms with Crippen molar-refractivity contribution in [3.05, 3.63) is 59.7 Å². The van der Waals surface area contributed by atoms with Crippen molar-refractivity contribution in [2.75, 3.05) is 33.8 Å². The summed E-state index contributed by atoms with van der Waals surface area (Å²) < 4.78 is 5.59. The van der Waals surface area contributed by atoms with Gasteiger partial charge < -0.3 is 25.0 Å². The number of aliphatic carboxylic acids is 1. The number of nitrogens with zero attached hydrogens (tertiary/aromatic N) is 2. The Morgan fingerprint density at radius 3 is 2.03 bits per heavy atom. The third-order valence-corrected chi connectivity index (χ3v) is 6.26. The van der Waals surface area contributed by atoms with Crippen molar-refractivity contribution in [2.24, 2.45) is 0 Å². The molecule has 0 spiro atoms. The number of hydrogen-bond donors (Lipinski definition) is 2. The van der Waals surface area contributed by atoms with Crippen LogP contribution in [0.4, 0.5) is 4.79 Å². The first-order valence-electron chi connectivity index (χ1n) is 11.4. The molecule has 8 heteroatoms. The van der Waals surface area contributed by atoms with E-state index >= 15 is 0 Å². The molecule has 3 rings (SSSR count). The van der Waals surface area contributed by atoms with Crippen molar-refractivity contribution < 1.29 is 24.2 Å². The lowest BCUT2D eigenvalue weighted by Crippen LogP contribution is -2.60. The average Bonchev–Trinajstić information content (AvgIpc) is 3.11. The number of carbonyl (C=O) groups is 3. The van der Waals surface area contributed by atoms with Crippen molar-refractivity contribution in [3.8, 4) is 11.1 Å². The normalized spacial score (nSPS) is 13.7. The molecule has 2 amide bonds. The number of carbonyl (C=O) groups excluding carboxylic acids is 2. The Bertz CT molecular complexity index is 1020. The van der Waals surface area contributed by atoms with Crippen molar-refractivity contribution in [1.29, 1.82) is 0 Å². The molecule has 0 radical (unpaired) electrons. The van der Waals surface area contributed by atoms with Gasteiger partial charge in [0.25, 0.3) is 0 Å². The molecule has 182 valence electrons. The van der Waals surface area contributed by atoms with Crippen LogP contribution < -0.4 is 5.32 Å². The number of benzene rings is 2. The highest BCUT2D eigenvalue weighted by molar-refractivity contribution is 5.91. The van der Waals surface area contributed by atoms with E-state index in [1.54, 1.807) is 25.9 Å². The largest absolute Gasteiger partial charge is 0.480 e. The highest BCUT2D eigenvalue weighted by Crippen LogP contribution is 2.44. The van der Waals surface area contributed by atoms with Crippen LogP contribution in [0.15, 0.2) is 48.5 Å². The van der Waals surface area contributed by atoms with Crippen LogP contribution in [0.5, 0.6) is 0 Å². The smallest absolute Gasteiger partial charge is 0.407 e. The molecule has 1 atom stereocenters. The van der Waals surface area contributed by atoms with Crippen molar-refractivity contribution >= 4 is 18.0 Å². The summed E-state index contributed by atoms with van der Waals surface area (Å²) in [5.74, 6) is -1.69. The fourth-order valence-corrected chi connectivity index (χ4v) is 4.46. The van der Waals surface area contributed by atoms with Gasteiger partial charge >= 0.3 is 12.1 Å². The third-order valence-electron chi connectivity index (χ3n) is 6.26. The van der Waals surface area contributed by atoms with Gasteiger partial charge in [-0.05, 0) is 57.1 Å². The van der Waals surface area contributed by atoms with Crippen LogP contribution in [-0.4, -0.2) is 78.2 Å². The molecular weight excluding hydrogens is 434 g/mol. The van der Waals surface area contributed by atoms with Gasteiger partial charge in [0.05, 0.1) is 0 Å². The summed E-state index contributed by atoms with van der Waals surface area (Å²) in [7, 11) is 3.55. The average molecular weight is 468 g/mol. The van der Waals surface area contributed by atoms with Gasteiger partial charge in [0.2, 0.25) is 5.91 Å². The fraction of sp³-hybridized carbons (Fsp3) is 0.423. The number of ether oxygens (including phenoxy) is 1. The Kier molecular flexibility index (Phi) is 7.61. The summed E-state index contributed by atoms with van der Waals surface area (Å²) >= 11 is 0. The van der Waals surface area contributed by atoms with Crippen LogP contribution in [0.3, 0.4) is 0 Å². The quantitative estimate of drug-likeness (QED) is 0.588. The number of likely N-dealkylation sites (N-methyl/N-ethyl adjacent to an activating group) is 2. The van der Waals surface area contributed by atoms with Crippen LogP contribution in [0, 0.1) is 0 Å². The summed E-state index contributed by atoms with van der Waals surface area (Å²) in [6.07, 6.45) is -0.716. The minimum absolute atomic E-state index is 0.0979. The number of carboxylic acid groups (broad SMARTS) is 1. The number of alkyl carbamates (subject to hydrolysis) is 1. The van der Waals surface area contributed by atoms with Crippen LogP contribution in [0.2, 0.25) is 0 Å². The Morgan fingerprint density at radius 2 is 1.56 bits per heavy atom. The van der Waals surface area contributed by atoms with Gasteiger partial charge in [-0.3, -0.25) is 4.79 Å². The molecular formula is C26H33N3O5. The van der Waals surface area contributed by atoms with E-state index in [9.17, 15) is 19.5 Å². The first-order valence-corrected chi connectivity index (χ1v) is 11.4. The van der Waals surface area contributed by atoms with E-state index in [2.05, 4.69) is 17.4 Å². The van der Waals surface area contributed by atoms with Crippen molar-refractivity contribution in [1.82, 2.24) is 15.1 Å². The second-order valence-corrected chi connectivity index (χ2v) is 9.23. The van der Waals surface area contributed by atoms with E-state index in [0.29, 0.717) is 0 Å². The predicted octanol–water partition coefficient (Wildman–Crippen LogP) is 3.17. The highest BCUT2D eigenvalue weighted by Gasteiger charge is 2.40. The Hall–Kier alpha value is -3.39. The molecule has 0 saturated heterocycles. The van der Waals surface area contributed by atoms with E-state index in [4.69, 9.17) is 4.74 Å². The molecule has 2 aromatic carbocycles. The van der Waals surface area contributed by atoms with Gasteiger partial charge in [-0.1, -0.05) is 48.5 Å². The summed E-state index contributed by atoms with van der Waals surface area (Å²) in [6, 6.07) is 15.1. The Labute approximate surface area is 200 Å². The number of carboxylic acids is 1. The van der Waals surface area contributed by atoms with Gasteiger partial charge in [-0.25, -0.2) is 9.59 Å². The zero-order chi connectivity index (χ0) is 25.0. The Balaban J connectivity index is 1.74.